The summed E-state index contributed by atoms with van der Waals surface area (Å²) >= 11 is 2.54. The third-order valence-electron chi connectivity index (χ3n) is 2.50. The van der Waals surface area contributed by atoms with Gasteiger partial charge >= 0.3 is 0 Å². The average Bonchev–Trinajstić information content (AvgIpc) is 2.29. The molecular weight excluding hydrogens is 355 g/mol. The first-order valence-electron chi connectivity index (χ1n) is 5.67. The van der Waals surface area contributed by atoms with E-state index in [0.29, 0.717) is 0 Å². The van der Waals surface area contributed by atoms with Crippen LogP contribution in [0.2, 0.25) is 0 Å². The zero-order chi connectivity index (χ0) is 13.6. The Kier molecular flexibility index (Phi) is 6.02. The number of hydrogen-bond acceptors (Lipinski definition) is 1. The van der Waals surface area contributed by atoms with Crippen LogP contribution in [0.4, 0.5) is 0 Å². The summed E-state index contributed by atoms with van der Waals surface area (Å²) in [7, 11) is -0.929. The van der Waals surface area contributed by atoms with Gasteiger partial charge in [0.05, 0.1) is 0 Å². The second-order valence-corrected chi connectivity index (χ2v) is 12.7. The summed E-state index contributed by atoms with van der Waals surface area (Å²) in [6, 6.07) is 10.5. The van der Waals surface area contributed by atoms with Crippen molar-refractivity contribution in [2.75, 3.05) is 6.26 Å². The van der Waals surface area contributed by atoms with Gasteiger partial charge in [-0.25, -0.2) is 0 Å². The molecule has 0 saturated heterocycles. The highest BCUT2D eigenvalue weighted by Gasteiger charge is 2.17. The van der Waals surface area contributed by atoms with Crippen LogP contribution in [0.15, 0.2) is 65.8 Å². The predicted molar refractivity (Wildman–Crippen MR) is 92.3 cm³/mol. The largest absolute Gasteiger partial charge is 0.509 e. The maximum Gasteiger partial charge on any atom is 0.108 e. The van der Waals surface area contributed by atoms with Gasteiger partial charge in [0.25, 0.3) is 0 Å². The Labute approximate surface area is 123 Å². The van der Waals surface area contributed by atoms with Gasteiger partial charge in [0.2, 0.25) is 0 Å². The second kappa shape index (κ2) is 7.04. The van der Waals surface area contributed by atoms with Gasteiger partial charge < -0.3 is 5.11 Å². The first-order valence-corrected chi connectivity index (χ1v) is 10.4. The molecule has 1 N–H and O–H groups in total. The highest BCUT2D eigenvalue weighted by molar-refractivity contribution is 14.2. The van der Waals surface area contributed by atoms with Gasteiger partial charge in [-0.05, 0) is 57.0 Å². The van der Waals surface area contributed by atoms with E-state index in [2.05, 4.69) is 64.4 Å². The Hall–Kier alpha value is -0.680. The van der Waals surface area contributed by atoms with Crippen LogP contribution in [-0.2, 0) is 5.75 Å². The van der Waals surface area contributed by atoms with E-state index in [4.69, 9.17) is 5.11 Å². The lowest BCUT2D eigenvalue weighted by Crippen LogP contribution is -1.96. The minimum atomic E-state index is -0.929. The fourth-order valence-electron chi connectivity index (χ4n) is 1.63. The zero-order valence-corrected chi connectivity index (χ0v) is 13.7. The van der Waals surface area contributed by atoms with Gasteiger partial charge in [0.15, 0.2) is 0 Å². The van der Waals surface area contributed by atoms with Crippen molar-refractivity contribution in [3.63, 3.8) is 0 Å². The number of aliphatic hydroxyl groups excluding tert-OH is 1. The van der Waals surface area contributed by atoms with Crippen LogP contribution in [0.1, 0.15) is 12.5 Å². The molecule has 0 heterocycles. The number of aliphatic hydroxyl groups is 1. The molecule has 1 aromatic rings. The van der Waals surface area contributed by atoms with Crippen LogP contribution in [0, 0.1) is 0 Å². The molecule has 0 bridgehead atoms. The van der Waals surface area contributed by atoms with Crippen molar-refractivity contribution in [1.82, 2.24) is 0 Å². The van der Waals surface area contributed by atoms with Crippen LogP contribution < -0.4 is 0 Å². The normalized spacial score (nSPS) is 17.4. The van der Waals surface area contributed by atoms with E-state index in [1.54, 1.807) is 6.08 Å². The van der Waals surface area contributed by atoms with E-state index in [0.717, 1.165) is 5.75 Å². The van der Waals surface area contributed by atoms with Crippen molar-refractivity contribution in [1.29, 1.82) is 0 Å². The molecule has 0 aliphatic heterocycles. The molecule has 3 heteroatoms. The standard InChI is InChI=1S/C15H19IOS/c1-4-15(11-10-13(2)17)18(3,16)12-14-8-6-5-7-9-14/h4-11,17H,2,12H2,1,3H3/b11-10-,15-4+. The summed E-state index contributed by atoms with van der Waals surface area (Å²) in [5.41, 5.74) is 1.35. The number of halogens is 1. The SMILES string of the molecule is C=C(O)/C=C\C(=C/C)S(C)(I)Cc1ccccc1. The fraction of sp³-hybridized carbons (Fsp3) is 0.200. The van der Waals surface area contributed by atoms with Crippen LogP contribution in [-0.4, -0.2) is 11.4 Å². The Morgan fingerprint density at radius 2 is 1.94 bits per heavy atom. The minimum absolute atomic E-state index is 0.0978. The summed E-state index contributed by atoms with van der Waals surface area (Å²) in [5.74, 6) is 1.14. The van der Waals surface area contributed by atoms with E-state index < -0.39 is 7.20 Å². The second-order valence-electron chi connectivity index (χ2n) is 4.12. The third kappa shape index (κ3) is 4.90. The lowest BCUT2D eigenvalue weighted by atomic mass is 10.2. The lowest BCUT2D eigenvalue weighted by Gasteiger charge is -2.30. The molecule has 1 nitrogen and oxygen atoms in total. The maximum atomic E-state index is 9.15. The van der Waals surface area contributed by atoms with Gasteiger partial charge in [-0.15, -0.1) is 0 Å². The quantitative estimate of drug-likeness (QED) is 0.410. The molecule has 0 fully saturated rings. The average molecular weight is 374 g/mol. The molecule has 0 radical (unpaired) electrons. The van der Waals surface area contributed by atoms with Gasteiger partial charge in [0, 0.05) is 5.75 Å². The highest BCUT2D eigenvalue weighted by atomic mass is 127. The van der Waals surface area contributed by atoms with Crippen LogP contribution in [0.3, 0.4) is 0 Å². The van der Waals surface area contributed by atoms with Crippen molar-refractivity contribution in [2.24, 2.45) is 0 Å². The Morgan fingerprint density at radius 3 is 2.44 bits per heavy atom. The first-order chi connectivity index (χ1) is 8.45. The molecule has 0 spiro atoms. The fourth-order valence-corrected chi connectivity index (χ4v) is 5.74. The smallest absolute Gasteiger partial charge is 0.108 e. The molecule has 98 valence electrons. The van der Waals surface area contributed by atoms with E-state index >= 15 is 0 Å². The Morgan fingerprint density at radius 1 is 1.33 bits per heavy atom. The maximum absolute atomic E-state index is 9.15. The van der Waals surface area contributed by atoms with Gasteiger partial charge in [0.1, 0.15) is 5.76 Å². The molecule has 1 rings (SSSR count). The summed E-state index contributed by atoms with van der Waals surface area (Å²) < 4.78 is 0. The monoisotopic (exact) mass is 374 g/mol. The van der Waals surface area contributed by atoms with Crippen molar-refractivity contribution in [2.45, 2.75) is 12.7 Å². The highest BCUT2D eigenvalue weighted by Crippen LogP contribution is 2.62. The van der Waals surface area contributed by atoms with Gasteiger partial charge in [-0.1, -0.05) is 43.0 Å². The Bertz CT molecular complexity index is 461. The van der Waals surface area contributed by atoms with Crippen LogP contribution in [0.25, 0.3) is 0 Å². The molecule has 18 heavy (non-hydrogen) atoms. The van der Waals surface area contributed by atoms with E-state index in [9.17, 15) is 0 Å². The summed E-state index contributed by atoms with van der Waals surface area (Å²) in [5, 5.41) is 9.15. The summed E-state index contributed by atoms with van der Waals surface area (Å²) in [4.78, 5) is 1.27. The van der Waals surface area contributed by atoms with E-state index in [1.165, 1.54) is 10.5 Å². The minimum Gasteiger partial charge on any atom is -0.509 e. The molecule has 1 aromatic carbocycles. The topological polar surface area (TPSA) is 20.2 Å². The summed E-state index contributed by atoms with van der Waals surface area (Å²) in [6.07, 6.45) is 8.02. The molecule has 0 saturated carbocycles. The van der Waals surface area contributed by atoms with Gasteiger partial charge in [-0.3, -0.25) is 0 Å². The van der Waals surface area contributed by atoms with E-state index in [1.807, 2.05) is 19.1 Å². The number of hydrogen-bond donors (Lipinski definition) is 1. The predicted octanol–water partition coefficient (Wildman–Crippen LogP) is 5.50. The molecule has 1 atom stereocenters. The van der Waals surface area contributed by atoms with E-state index in [-0.39, 0.29) is 5.76 Å². The first kappa shape index (κ1) is 15.4. The van der Waals surface area contributed by atoms with Crippen molar-refractivity contribution in [3.8, 4) is 0 Å². The van der Waals surface area contributed by atoms with Crippen molar-refractivity contribution < 1.29 is 5.11 Å². The van der Waals surface area contributed by atoms with Crippen LogP contribution >= 0.6 is 28.4 Å². The van der Waals surface area contributed by atoms with Crippen LogP contribution in [0.5, 0.6) is 0 Å². The molecule has 0 amide bonds. The lowest BCUT2D eigenvalue weighted by molar-refractivity contribution is 0.435. The molecule has 0 aliphatic rings. The molecule has 0 aromatic heterocycles. The van der Waals surface area contributed by atoms with Crippen molar-refractivity contribution >= 4 is 28.4 Å². The Balaban J connectivity index is 2.87. The third-order valence-corrected chi connectivity index (χ3v) is 7.19. The number of rotatable bonds is 5. The van der Waals surface area contributed by atoms with Gasteiger partial charge in [-0.2, -0.15) is 7.20 Å². The molecule has 0 aliphatic carbocycles. The number of allylic oxidation sites excluding steroid dienone is 3. The zero-order valence-electron chi connectivity index (χ0n) is 10.8. The molecule has 1 unspecified atom stereocenters. The summed E-state index contributed by atoms with van der Waals surface area (Å²) in [6.45, 7) is 5.51. The molecular formula is C15H19IOS. The number of benzene rings is 1. The van der Waals surface area contributed by atoms with Crippen molar-refractivity contribution in [3.05, 3.63) is 71.4 Å².